The van der Waals surface area contributed by atoms with E-state index < -0.39 is 0 Å². The van der Waals surface area contributed by atoms with Crippen LogP contribution in [0.5, 0.6) is 0 Å². The highest BCUT2D eigenvalue weighted by atomic mass is 15.1. The van der Waals surface area contributed by atoms with Crippen molar-refractivity contribution in [2.75, 3.05) is 33.2 Å². The fraction of sp³-hybridized carbons (Fsp3) is 0.812. The van der Waals surface area contributed by atoms with Crippen LogP contribution in [0.25, 0.3) is 0 Å². The molecular weight excluding hydrogens is 248 g/mol. The SMILES string of the molecule is CN1CCCC(Cn2cncc2C2(C)CCNCC2)C1. The number of nitrogens with zero attached hydrogens (tertiary/aromatic N) is 3. The van der Waals surface area contributed by atoms with Crippen molar-refractivity contribution in [2.24, 2.45) is 5.92 Å². The van der Waals surface area contributed by atoms with Crippen molar-refractivity contribution in [1.82, 2.24) is 19.8 Å². The van der Waals surface area contributed by atoms with Gasteiger partial charge in [0.15, 0.2) is 0 Å². The van der Waals surface area contributed by atoms with Crippen LogP contribution < -0.4 is 5.32 Å². The molecule has 20 heavy (non-hydrogen) atoms. The molecule has 0 saturated carbocycles. The van der Waals surface area contributed by atoms with E-state index in [-0.39, 0.29) is 0 Å². The second-order valence-corrected chi connectivity index (χ2v) is 7.01. The van der Waals surface area contributed by atoms with Crippen molar-refractivity contribution >= 4 is 0 Å². The molecule has 0 radical (unpaired) electrons. The van der Waals surface area contributed by atoms with E-state index in [0.29, 0.717) is 5.41 Å². The number of aromatic nitrogens is 2. The lowest BCUT2D eigenvalue weighted by molar-refractivity contribution is 0.190. The number of nitrogens with one attached hydrogen (secondary N) is 1. The maximum atomic E-state index is 4.46. The van der Waals surface area contributed by atoms with Gasteiger partial charge in [-0.3, -0.25) is 0 Å². The first-order chi connectivity index (χ1) is 9.67. The molecule has 2 saturated heterocycles. The van der Waals surface area contributed by atoms with Crippen molar-refractivity contribution < 1.29 is 0 Å². The van der Waals surface area contributed by atoms with Crippen LogP contribution in [0.1, 0.15) is 38.3 Å². The Hall–Kier alpha value is -0.870. The highest BCUT2D eigenvalue weighted by Gasteiger charge is 2.32. The molecule has 4 nitrogen and oxygen atoms in total. The number of hydrogen-bond acceptors (Lipinski definition) is 3. The van der Waals surface area contributed by atoms with Crippen molar-refractivity contribution in [3.8, 4) is 0 Å². The Morgan fingerprint density at radius 1 is 1.40 bits per heavy atom. The lowest BCUT2D eigenvalue weighted by atomic mass is 9.78. The predicted molar refractivity (Wildman–Crippen MR) is 81.9 cm³/mol. The number of rotatable bonds is 3. The molecule has 1 aromatic heterocycles. The highest BCUT2D eigenvalue weighted by Crippen LogP contribution is 2.33. The standard InChI is InChI=1S/C16H28N4/c1-16(5-7-17-8-6-16)15-10-18-13-20(15)12-14-4-3-9-19(2)11-14/h10,13-14,17H,3-9,11-12H2,1-2H3. The Bertz CT molecular complexity index is 433. The first kappa shape index (κ1) is 14.1. The van der Waals surface area contributed by atoms with Gasteiger partial charge in [-0.2, -0.15) is 0 Å². The van der Waals surface area contributed by atoms with Gasteiger partial charge in [0.05, 0.1) is 6.33 Å². The molecule has 2 fully saturated rings. The summed E-state index contributed by atoms with van der Waals surface area (Å²) in [5, 5.41) is 3.47. The summed E-state index contributed by atoms with van der Waals surface area (Å²) in [6.07, 6.45) is 9.31. The molecule has 0 spiro atoms. The summed E-state index contributed by atoms with van der Waals surface area (Å²) in [7, 11) is 2.25. The van der Waals surface area contributed by atoms with Gasteiger partial charge in [-0.25, -0.2) is 4.98 Å². The van der Waals surface area contributed by atoms with Gasteiger partial charge in [0.1, 0.15) is 0 Å². The van der Waals surface area contributed by atoms with Crippen LogP contribution >= 0.6 is 0 Å². The number of imidazole rings is 1. The smallest absolute Gasteiger partial charge is 0.0948 e. The number of likely N-dealkylation sites (tertiary alicyclic amines) is 1. The molecule has 4 heteroatoms. The fourth-order valence-corrected chi connectivity index (χ4v) is 3.90. The minimum Gasteiger partial charge on any atom is -0.334 e. The number of piperidine rings is 2. The quantitative estimate of drug-likeness (QED) is 0.915. The van der Waals surface area contributed by atoms with E-state index in [1.807, 2.05) is 0 Å². The predicted octanol–water partition coefficient (Wildman–Crippen LogP) is 1.87. The van der Waals surface area contributed by atoms with E-state index in [2.05, 4.69) is 46.3 Å². The van der Waals surface area contributed by atoms with Gasteiger partial charge in [0, 0.05) is 30.4 Å². The largest absolute Gasteiger partial charge is 0.334 e. The average molecular weight is 276 g/mol. The van der Waals surface area contributed by atoms with Crippen molar-refractivity contribution in [3.63, 3.8) is 0 Å². The maximum absolute atomic E-state index is 4.46. The van der Waals surface area contributed by atoms with E-state index in [1.54, 1.807) is 0 Å². The van der Waals surface area contributed by atoms with Crippen molar-refractivity contribution in [2.45, 2.75) is 44.6 Å². The molecule has 3 rings (SSSR count). The summed E-state index contributed by atoms with van der Waals surface area (Å²) in [5.74, 6) is 0.784. The molecule has 112 valence electrons. The molecule has 1 aromatic rings. The minimum absolute atomic E-state index is 0.308. The van der Waals surface area contributed by atoms with Gasteiger partial charge < -0.3 is 14.8 Å². The highest BCUT2D eigenvalue weighted by molar-refractivity contribution is 5.15. The zero-order valence-electron chi connectivity index (χ0n) is 12.9. The fourth-order valence-electron chi connectivity index (χ4n) is 3.90. The molecule has 1 atom stereocenters. The monoisotopic (exact) mass is 276 g/mol. The van der Waals surface area contributed by atoms with Gasteiger partial charge in [-0.15, -0.1) is 0 Å². The molecule has 2 aliphatic heterocycles. The maximum Gasteiger partial charge on any atom is 0.0948 e. The van der Waals surface area contributed by atoms with Crippen LogP contribution in [0.15, 0.2) is 12.5 Å². The molecule has 0 aliphatic carbocycles. The Kier molecular flexibility index (Phi) is 4.13. The van der Waals surface area contributed by atoms with Crippen molar-refractivity contribution in [1.29, 1.82) is 0 Å². The second-order valence-electron chi connectivity index (χ2n) is 7.01. The van der Waals surface area contributed by atoms with E-state index in [1.165, 1.54) is 44.5 Å². The Labute approximate surface area is 122 Å². The minimum atomic E-state index is 0.308. The molecule has 3 heterocycles. The number of hydrogen-bond donors (Lipinski definition) is 1. The third-order valence-electron chi connectivity index (χ3n) is 5.21. The van der Waals surface area contributed by atoms with Crippen LogP contribution in [-0.4, -0.2) is 47.7 Å². The topological polar surface area (TPSA) is 33.1 Å². The van der Waals surface area contributed by atoms with Gasteiger partial charge in [0.2, 0.25) is 0 Å². The summed E-state index contributed by atoms with van der Waals surface area (Å²) in [6, 6.07) is 0. The van der Waals surface area contributed by atoms with Gasteiger partial charge in [-0.1, -0.05) is 6.92 Å². The molecule has 1 unspecified atom stereocenters. The third-order valence-corrected chi connectivity index (χ3v) is 5.21. The molecule has 1 N–H and O–H groups in total. The lowest BCUT2D eigenvalue weighted by Gasteiger charge is -2.36. The van der Waals surface area contributed by atoms with Gasteiger partial charge in [0.25, 0.3) is 0 Å². The summed E-state index contributed by atoms with van der Waals surface area (Å²) < 4.78 is 2.44. The first-order valence-electron chi connectivity index (χ1n) is 8.07. The van der Waals surface area contributed by atoms with E-state index >= 15 is 0 Å². The van der Waals surface area contributed by atoms with Crippen LogP contribution in [0.4, 0.5) is 0 Å². The second kappa shape index (κ2) is 5.86. The van der Waals surface area contributed by atoms with Gasteiger partial charge >= 0.3 is 0 Å². The zero-order valence-corrected chi connectivity index (χ0v) is 12.9. The van der Waals surface area contributed by atoms with Gasteiger partial charge in [-0.05, 0) is 58.3 Å². The summed E-state index contributed by atoms with van der Waals surface area (Å²) >= 11 is 0. The molecule has 2 aliphatic rings. The Morgan fingerprint density at radius 3 is 2.95 bits per heavy atom. The zero-order chi connectivity index (χ0) is 14.0. The average Bonchev–Trinajstić information content (AvgIpc) is 2.88. The first-order valence-corrected chi connectivity index (χ1v) is 8.07. The summed E-state index contributed by atoms with van der Waals surface area (Å²) in [4.78, 5) is 6.93. The van der Waals surface area contributed by atoms with Crippen molar-refractivity contribution in [3.05, 3.63) is 18.2 Å². The van der Waals surface area contributed by atoms with Crippen LogP contribution in [0.3, 0.4) is 0 Å². The third kappa shape index (κ3) is 2.91. The summed E-state index contributed by atoms with van der Waals surface area (Å²) in [5.41, 5.74) is 1.76. The normalized spacial score (nSPS) is 27.6. The lowest BCUT2D eigenvalue weighted by Crippen LogP contribution is -2.40. The molecule has 0 bridgehead atoms. The van der Waals surface area contributed by atoms with Crippen LogP contribution in [0.2, 0.25) is 0 Å². The molecule has 0 aromatic carbocycles. The molecular formula is C16H28N4. The van der Waals surface area contributed by atoms with E-state index in [0.717, 1.165) is 25.6 Å². The Balaban J connectivity index is 1.72. The van der Waals surface area contributed by atoms with Crippen LogP contribution in [0, 0.1) is 5.92 Å². The summed E-state index contributed by atoms with van der Waals surface area (Å²) in [6.45, 7) is 8.31. The molecule has 0 amide bonds. The Morgan fingerprint density at radius 2 is 2.20 bits per heavy atom. The van der Waals surface area contributed by atoms with E-state index in [4.69, 9.17) is 0 Å². The van der Waals surface area contributed by atoms with E-state index in [9.17, 15) is 0 Å². The van der Waals surface area contributed by atoms with Crippen LogP contribution in [-0.2, 0) is 12.0 Å².